The minimum Gasteiger partial charge on any atom is -0.388 e. The van der Waals surface area contributed by atoms with Crippen molar-refractivity contribution >= 4 is 16.6 Å². The smallest absolute Gasteiger partial charge is 0.135 e. The number of hydrogen-bond acceptors (Lipinski definition) is 2. The van der Waals surface area contributed by atoms with Crippen LogP contribution < -0.4 is 0 Å². The van der Waals surface area contributed by atoms with Gasteiger partial charge in [0.05, 0.1) is 6.10 Å². The highest BCUT2D eigenvalue weighted by Gasteiger charge is 2.11. The highest BCUT2D eigenvalue weighted by molar-refractivity contribution is 5.83. The quantitative estimate of drug-likeness (QED) is 0.872. The zero-order chi connectivity index (χ0) is 12.3. The summed E-state index contributed by atoms with van der Waals surface area (Å²) in [5, 5.41) is 12.2. The molecule has 1 atom stereocenters. The van der Waals surface area contributed by atoms with Crippen molar-refractivity contribution in [1.29, 1.82) is 0 Å². The summed E-state index contributed by atoms with van der Waals surface area (Å²) in [6, 6.07) is 13.8. The van der Waals surface area contributed by atoms with Crippen molar-refractivity contribution in [3.05, 3.63) is 48.0 Å². The van der Waals surface area contributed by atoms with Crippen LogP contribution >= 0.6 is 0 Å². The van der Waals surface area contributed by atoms with E-state index >= 15 is 0 Å². The average Bonchev–Trinajstić information content (AvgIpc) is 2.38. The monoisotopic (exact) mass is 228 g/mol. The number of Topliss-reactive ketones (excluding diaryl/α,β-unsaturated/α-hetero) is 1. The number of aliphatic hydroxyl groups excluding tert-OH is 1. The molecule has 2 nitrogen and oxygen atoms in total. The molecule has 0 spiro atoms. The average molecular weight is 228 g/mol. The van der Waals surface area contributed by atoms with Gasteiger partial charge in [0.1, 0.15) is 5.78 Å². The number of ketones is 1. The third-order valence-corrected chi connectivity index (χ3v) is 2.97. The van der Waals surface area contributed by atoms with Gasteiger partial charge < -0.3 is 5.11 Å². The van der Waals surface area contributed by atoms with Gasteiger partial charge in [0.25, 0.3) is 0 Å². The molecular weight excluding hydrogens is 212 g/mol. The third-order valence-electron chi connectivity index (χ3n) is 2.97. The van der Waals surface area contributed by atoms with Crippen molar-refractivity contribution in [3.8, 4) is 0 Å². The largest absolute Gasteiger partial charge is 0.388 e. The number of hydrogen-bond donors (Lipinski definition) is 1. The molecule has 1 unspecified atom stereocenters. The lowest BCUT2D eigenvalue weighted by Gasteiger charge is -2.10. The van der Waals surface area contributed by atoms with E-state index in [1.165, 1.54) is 0 Å². The molecule has 0 amide bonds. The van der Waals surface area contributed by atoms with Crippen molar-refractivity contribution in [1.82, 2.24) is 0 Å². The van der Waals surface area contributed by atoms with Crippen LogP contribution in [0.1, 0.15) is 31.4 Å². The van der Waals surface area contributed by atoms with Gasteiger partial charge in [-0.1, -0.05) is 43.3 Å². The van der Waals surface area contributed by atoms with Gasteiger partial charge in [-0.2, -0.15) is 0 Å². The first-order valence-corrected chi connectivity index (χ1v) is 5.89. The summed E-state index contributed by atoms with van der Waals surface area (Å²) in [5.41, 5.74) is 0.811. The zero-order valence-corrected chi connectivity index (χ0v) is 9.89. The Hall–Kier alpha value is -1.67. The Morgan fingerprint density at radius 3 is 2.59 bits per heavy atom. The fourth-order valence-electron chi connectivity index (χ4n) is 1.89. The van der Waals surface area contributed by atoms with Crippen LogP contribution in [0.3, 0.4) is 0 Å². The van der Waals surface area contributed by atoms with Crippen molar-refractivity contribution < 1.29 is 9.90 Å². The van der Waals surface area contributed by atoms with Crippen LogP contribution in [0.2, 0.25) is 0 Å². The highest BCUT2D eigenvalue weighted by Crippen LogP contribution is 2.22. The zero-order valence-electron chi connectivity index (χ0n) is 9.89. The molecule has 2 aromatic carbocycles. The van der Waals surface area contributed by atoms with Gasteiger partial charge in [-0.25, -0.2) is 0 Å². The number of aliphatic hydroxyl groups is 1. The van der Waals surface area contributed by atoms with Crippen LogP contribution in [0.15, 0.2) is 42.5 Å². The molecule has 0 aliphatic rings. The molecule has 0 aliphatic carbocycles. The molecular formula is C15H16O2. The highest BCUT2D eigenvalue weighted by atomic mass is 16.3. The van der Waals surface area contributed by atoms with Gasteiger partial charge in [-0.15, -0.1) is 0 Å². The van der Waals surface area contributed by atoms with Gasteiger partial charge in [-0.05, 0) is 22.4 Å². The lowest BCUT2D eigenvalue weighted by Crippen LogP contribution is -2.05. The summed E-state index contributed by atoms with van der Waals surface area (Å²) in [5.74, 6) is 0.0886. The molecule has 0 aromatic heterocycles. The number of rotatable bonds is 4. The minimum atomic E-state index is -0.688. The predicted octanol–water partition coefficient (Wildman–Crippen LogP) is 3.24. The van der Waals surface area contributed by atoms with E-state index in [-0.39, 0.29) is 12.2 Å². The summed E-state index contributed by atoms with van der Waals surface area (Å²) in [6.07, 6.45) is -0.00787. The molecule has 0 bridgehead atoms. The molecule has 1 N–H and O–H groups in total. The molecule has 0 saturated carbocycles. The standard InChI is InChI=1S/C15H16O2/c1-2-14(16)10-15(17)13-8-7-11-5-3-4-6-12(11)9-13/h3-9,15,17H,2,10H2,1H3. The maximum Gasteiger partial charge on any atom is 0.135 e. The summed E-state index contributed by atoms with van der Waals surface area (Å²) < 4.78 is 0. The van der Waals surface area contributed by atoms with Crippen molar-refractivity contribution in [2.24, 2.45) is 0 Å². The van der Waals surface area contributed by atoms with E-state index in [4.69, 9.17) is 0 Å². The van der Waals surface area contributed by atoms with Crippen LogP contribution in [-0.2, 0) is 4.79 Å². The fourth-order valence-corrected chi connectivity index (χ4v) is 1.89. The second-order valence-electron chi connectivity index (χ2n) is 4.22. The first kappa shape index (κ1) is 11.8. The first-order chi connectivity index (χ1) is 8.20. The second kappa shape index (κ2) is 5.11. The summed E-state index contributed by atoms with van der Waals surface area (Å²) in [4.78, 5) is 11.3. The summed E-state index contributed by atoms with van der Waals surface area (Å²) in [6.45, 7) is 1.81. The number of fused-ring (bicyclic) bond motifs is 1. The Labute approximate surface area is 101 Å². The molecule has 0 fully saturated rings. The SMILES string of the molecule is CCC(=O)CC(O)c1ccc2ccccc2c1. The fraction of sp³-hybridized carbons (Fsp3) is 0.267. The number of carbonyl (C=O) groups is 1. The molecule has 2 heteroatoms. The molecule has 0 heterocycles. The van der Waals surface area contributed by atoms with Gasteiger partial charge >= 0.3 is 0 Å². The van der Waals surface area contributed by atoms with E-state index in [1.54, 1.807) is 0 Å². The number of benzene rings is 2. The van der Waals surface area contributed by atoms with Crippen LogP contribution in [-0.4, -0.2) is 10.9 Å². The Kier molecular flexibility index (Phi) is 3.55. The van der Waals surface area contributed by atoms with E-state index in [9.17, 15) is 9.90 Å². The molecule has 2 rings (SSSR count). The topological polar surface area (TPSA) is 37.3 Å². The van der Waals surface area contributed by atoms with E-state index in [0.717, 1.165) is 16.3 Å². The minimum absolute atomic E-state index is 0.0886. The van der Waals surface area contributed by atoms with Crippen molar-refractivity contribution in [2.75, 3.05) is 0 Å². The summed E-state index contributed by atoms with van der Waals surface area (Å²) in [7, 11) is 0. The molecule has 17 heavy (non-hydrogen) atoms. The van der Waals surface area contributed by atoms with E-state index in [1.807, 2.05) is 49.4 Å². The lowest BCUT2D eigenvalue weighted by atomic mass is 10.00. The first-order valence-electron chi connectivity index (χ1n) is 5.89. The lowest BCUT2D eigenvalue weighted by molar-refractivity contribution is -0.120. The summed E-state index contributed by atoms with van der Waals surface area (Å²) >= 11 is 0. The van der Waals surface area contributed by atoms with Gasteiger partial charge in [0.2, 0.25) is 0 Å². The predicted molar refractivity (Wildman–Crippen MR) is 68.8 cm³/mol. The molecule has 0 radical (unpaired) electrons. The van der Waals surface area contributed by atoms with E-state index < -0.39 is 6.10 Å². The molecule has 88 valence electrons. The third kappa shape index (κ3) is 2.71. The van der Waals surface area contributed by atoms with Gasteiger partial charge in [-0.3, -0.25) is 4.79 Å². The molecule has 0 aliphatic heterocycles. The normalized spacial score (nSPS) is 12.6. The van der Waals surface area contributed by atoms with E-state index in [0.29, 0.717) is 6.42 Å². The number of carbonyl (C=O) groups excluding carboxylic acids is 1. The Morgan fingerprint density at radius 1 is 1.18 bits per heavy atom. The second-order valence-corrected chi connectivity index (χ2v) is 4.22. The van der Waals surface area contributed by atoms with E-state index in [2.05, 4.69) is 0 Å². The van der Waals surface area contributed by atoms with Crippen molar-refractivity contribution in [3.63, 3.8) is 0 Å². The van der Waals surface area contributed by atoms with Crippen LogP contribution in [0, 0.1) is 0 Å². The molecule has 2 aromatic rings. The van der Waals surface area contributed by atoms with Crippen LogP contribution in [0.4, 0.5) is 0 Å². The Morgan fingerprint density at radius 2 is 1.88 bits per heavy atom. The van der Waals surface area contributed by atoms with Crippen molar-refractivity contribution in [2.45, 2.75) is 25.9 Å². The Bertz CT molecular complexity index is 531. The van der Waals surface area contributed by atoms with Crippen LogP contribution in [0.5, 0.6) is 0 Å². The molecule has 0 saturated heterocycles. The Balaban J connectivity index is 2.26. The van der Waals surface area contributed by atoms with Crippen LogP contribution in [0.25, 0.3) is 10.8 Å². The maximum absolute atomic E-state index is 11.3. The maximum atomic E-state index is 11.3. The van der Waals surface area contributed by atoms with Gasteiger partial charge in [0, 0.05) is 12.8 Å². The van der Waals surface area contributed by atoms with Gasteiger partial charge in [0.15, 0.2) is 0 Å².